The molecule has 1 saturated carbocycles. The minimum absolute atomic E-state index is 0. The Morgan fingerprint density at radius 1 is 1.25 bits per heavy atom. The Hall–Kier alpha value is -0.690. The zero-order valence-electron chi connectivity index (χ0n) is 7.28. The molecule has 0 aromatic carbocycles. The molecule has 1 aliphatic carbocycles. The second kappa shape index (κ2) is 3.36. The normalized spacial score (nSPS) is 27.8. The van der Waals surface area contributed by atoms with Crippen LogP contribution in [0.15, 0.2) is 0 Å². The molecule has 0 atom stereocenters. The van der Waals surface area contributed by atoms with Crippen LogP contribution in [0.5, 0.6) is 0 Å². The summed E-state index contributed by atoms with van der Waals surface area (Å²) >= 11 is 2.08. The molecule has 0 amide bonds. The summed E-state index contributed by atoms with van der Waals surface area (Å²) in [5.74, 6) is 2.66. The monoisotopic (exact) mass is 429 g/mol. The standard InChI is InChI=1S/C9H16NS.No/c1-9(2-3-9)8-10-4-6-11-7-5-10;/h1-8H2;/q-1;. The van der Waals surface area contributed by atoms with Crippen molar-refractivity contribution >= 4 is 11.8 Å². The maximum Gasteiger partial charge on any atom is 0.00718 e. The molecule has 1 nitrogen and oxygen atoms in total. The first-order chi connectivity index (χ1) is 5.29. The summed E-state index contributed by atoms with van der Waals surface area (Å²) in [7, 11) is 0. The molecule has 2 aliphatic rings. The van der Waals surface area contributed by atoms with Crippen molar-refractivity contribution in [3.8, 4) is 0 Å². The largest absolute Gasteiger partial charge is 0.336 e. The SMILES string of the molecule is [CH2-]C1(CN2CCSCC2)CC1.[No]. The third-order valence-electron chi connectivity index (χ3n) is 2.62. The number of hydrogen-bond acceptors (Lipinski definition) is 2. The van der Waals surface area contributed by atoms with Gasteiger partial charge in [-0.3, -0.25) is 0 Å². The minimum atomic E-state index is 0. The van der Waals surface area contributed by atoms with Crippen LogP contribution in [0, 0.1) is 12.3 Å². The molecule has 0 bridgehead atoms. The van der Waals surface area contributed by atoms with E-state index in [0.29, 0.717) is 5.41 Å². The minimum Gasteiger partial charge on any atom is -0.336 e. The zero-order chi connectivity index (χ0) is 7.73. The van der Waals surface area contributed by atoms with E-state index in [-0.39, 0.29) is 0 Å². The van der Waals surface area contributed by atoms with E-state index >= 15 is 0 Å². The van der Waals surface area contributed by atoms with Gasteiger partial charge in [0.15, 0.2) is 0 Å². The zero-order valence-corrected chi connectivity index (χ0v) is 10.3. The van der Waals surface area contributed by atoms with E-state index in [1.54, 1.807) is 0 Å². The Morgan fingerprint density at radius 3 is 2.33 bits per heavy atom. The Bertz CT molecular complexity index is 141. The predicted octanol–water partition coefficient (Wildman–Crippen LogP) is 1.65. The molecule has 0 aromatic heterocycles. The number of rotatable bonds is 2. The van der Waals surface area contributed by atoms with E-state index in [9.17, 15) is 0 Å². The molecule has 1 aliphatic heterocycles. The van der Waals surface area contributed by atoms with E-state index < -0.39 is 0 Å². The summed E-state index contributed by atoms with van der Waals surface area (Å²) in [5, 5.41) is 0. The number of thioether (sulfide) groups is 1. The van der Waals surface area contributed by atoms with Crippen LogP contribution in [0.4, 0.5) is 0 Å². The molecule has 0 aromatic rings. The van der Waals surface area contributed by atoms with Crippen LogP contribution in [0.25, 0.3) is 0 Å². The Morgan fingerprint density at radius 2 is 1.83 bits per heavy atom. The fraction of sp³-hybridized carbons (Fsp3) is 0.889. The van der Waals surface area contributed by atoms with Crippen molar-refractivity contribution in [3.63, 3.8) is 0 Å². The van der Waals surface area contributed by atoms with Crippen LogP contribution >= 0.6 is 11.8 Å². The quantitative estimate of drug-likeness (QED) is 0.615. The first kappa shape index (κ1) is 9.40. The van der Waals surface area contributed by atoms with Crippen molar-refractivity contribution < 1.29 is 0 Å². The molecule has 12 heavy (non-hydrogen) atoms. The summed E-state index contributed by atoms with van der Waals surface area (Å²) in [6.45, 7) is 8.07. The van der Waals surface area contributed by atoms with Crippen molar-refractivity contribution in [2.24, 2.45) is 5.41 Å². The van der Waals surface area contributed by atoms with Crippen LogP contribution < -0.4 is 0 Å². The number of nitrogens with zero attached hydrogens (tertiary/aromatic N) is 1. The smallest absolute Gasteiger partial charge is 0.00718 e. The van der Waals surface area contributed by atoms with E-state index in [1.807, 2.05) is 0 Å². The average Bonchev–Trinajstić information content (AvgIpc) is 2.70. The van der Waals surface area contributed by atoms with Crippen LogP contribution in [0.3, 0.4) is 0 Å². The Labute approximate surface area is 73.5 Å². The summed E-state index contributed by atoms with van der Waals surface area (Å²) in [6.07, 6.45) is 2.72. The van der Waals surface area contributed by atoms with E-state index in [4.69, 9.17) is 0 Å². The first-order valence-corrected chi connectivity index (χ1v) is 5.59. The summed E-state index contributed by atoms with van der Waals surface area (Å²) < 4.78 is 0. The van der Waals surface area contributed by atoms with Crippen molar-refractivity contribution in [1.82, 2.24) is 4.90 Å². The molecule has 3 heteroatoms. The van der Waals surface area contributed by atoms with Gasteiger partial charge in [0.2, 0.25) is 0 Å². The van der Waals surface area contributed by atoms with Gasteiger partial charge in [0.25, 0.3) is 0 Å². The van der Waals surface area contributed by atoms with Gasteiger partial charge >= 0.3 is 0 Å². The first-order valence-electron chi connectivity index (χ1n) is 4.44. The van der Waals surface area contributed by atoms with Crippen molar-refractivity contribution in [1.29, 1.82) is 0 Å². The molecule has 0 unspecified atom stereocenters. The molecule has 1 heterocycles. The third kappa shape index (κ3) is 2.15. The Balaban J connectivity index is 0.000000720. The van der Waals surface area contributed by atoms with Gasteiger partial charge in [0.05, 0.1) is 0 Å². The Kier molecular flexibility index (Phi) is 2.63. The van der Waals surface area contributed by atoms with Crippen LogP contribution in [-0.4, -0.2) is 36.0 Å². The van der Waals surface area contributed by atoms with Crippen LogP contribution in [0.1, 0.15) is 12.8 Å². The number of hydrogen-bond donors (Lipinski definition) is 0. The second-order valence-corrected chi connectivity index (χ2v) is 5.11. The topological polar surface area (TPSA) is 3.24 Å². The van der Waals surface area contributed by atoms with E-state index in [1.165, 1.54) is 44.0 Å². The molecule has 0 spiro atoms. The molecular weight excluding hydrogens is 413 g/mol. The van der Waals surface area contributed by atoms with E-state index in [0.717, 1.165) is 0 Å². The van der Waals surface area contributed by atoms with Gasteiger partial charge in [-0.15, -0.1) is 5.41 Å². The summed E-state index contributed by atoms with van der Waals surface area (Å²) in [6, 6.07) is 0. The predicted molar refractivity (Wildman–Crippen MR) is 50.8 cm³/mol. The maximum absolute atomic E-state index is 4.23. The maximum atomic E-state index is 4.23. The van der Waals surface area contributed by atoms with Gasteiger partial charge in [0.1, 0.15) is 0 Å². The molecule has 78 valence electrons. The van der Waals surface area contributed by atoms with Crippen molar-refractivity contribution in [2.45, 2.75) is 12.8 Å². The molecule has 1 saturated heterocycles. The van der Waals surface area contributed by atoms with Crippen LogP contribution in [-0.2, 0) is 0 Å². The van der Waals surface area contributed by atoms with Crippen LogP contribution in [0.2, 0.25) is 0 Å². The van der Waals surface area contributed by atoms with Crippen molar-refractivity contribution in [3.05, 3.63) is 6.92 Å². The van der Waals surface area contributed by atoms with Gasteiger partial charge < -0.3 is 11.8 Å². The van der Waals surface area contributed by atoms with Gasteiger partial charge in [-0.1, -0.05) is 12.8 Å². The second-order valence-electron chi connectivity index (χ2n) is 3.89. The molecule has 0 N–H and O–H groups in total. The fourth-order valence-corrected chi connectivity index (χ4v) is 2.55. The molecule has 2 fully saturated rings. The third-order valence-corrected chi connectivity index (χ3v) is 3.56. The summed E-state index contributed by atoms with van der Waals surface area (Å²) in [4.78, 5) is 2.58. The average molecular weight is 429 g/mol. The molecule has 0 radical (unpaired) electrons. The fourth-order valence-electron chi connectivity index (χ4n) is 1.57. The van der Waals surface area contributed by atoms with Gasteiger partial charge in [0, 0.05) is 24.6 Å². The van der Waals surface area contributed by atoms with Gasteiger partial charge in [-0.25, -0.2) is 0 Å². The molecule has 2 rings (SSSR count). The van der Waals surface area contributed by atoms with Gasteiger partial charge in [-0.2, -0.15) is 11.8 Å². The van der Waals surface area contributed by atoms with E-state index in [2.05, 4.69) is 23.6 Å². The van der Waals surface area contributed by atoms with Gasteiger partial charge in [-0.05, 0) is 6.54 Å². The van der Waals surface area contributed by atoms with Crippen molar-refractivity contribution in [2.75, 3.05) is 31.1 Å². The molecular formula is C9H16NNoS-. The summed E-state index contributed by atoms with van der Waals surface area (Å²) in [5.41, 5.74) is 0.474.